The van der Waals surface area contributed by atoms with Gasteiger partial charge in [0.2, 0.25) is 0 Å². The zero-order valence-electron chi connectivity index (χ0n) is 10.3. The Morgan fingerprint density at radius 1 is 1.29 bits per heavy atom. The number of anilines is 1. The molecule has 0 atom stereocenters. The van der Waals surface area contributed by atoms with E-state index in [4.69, 9.17) is 4.74 Å². The molecule has 0 aliphatic heterocycles. The minimum absolute atomic E-state index is 0.736. The molecule has 0 aliphatic carbocycles. The average molecular weight is 248 g/mol. The van der Waals surface area contributed by atoms with E-state index in [9.17, 15) is 0 Å². The number of thiazole rings is 1. The van der Waals surface area contributed by atoms with Gasteiger partial charge in [0.05, 0.1) is 25.0 Å². The number of hydrogen-bond acceptors (Lipinski definition) is 4. The standard InChI is InChI=1S/C13H16N2OS/c1-9-10(2)17-13(15-9)8-14-11-6-4-5-7-12(11)16-3/h4-7,14H,8H2,1-3H3. The minimum atomic E-state index is 0.736. The van der Waals surface area contributed by atoms with Gasteiger partial charge in [0.25, 0.3) is 0 Å². The van der Waals surface area contributed by atoms with Crippen LogP contribution < -0.4 is 10.1 Å². The van der Waals surface area contributed by atoms with Crippen LogP contribution in [-0.4, -0.2) is 12.1 Å². The second kappa shape index (κ2) is 5.19. The second-order valence-electron chi connectivity index (χ2n) is 3.80. The van der Waals surface area contributed by atoms with E-state index in [0.717, 1.165) is 28.7 Å². The molecular weight excluding hydrogens is 232 g/mol. The summed E-state index contributed by atoms with van der Waals surface area (Å²) in [5.74, 6) is 0.859. The van der Waals surface area contributed by atoms with Crippen molar-refractivity contribution in [3.05, 3.63) is 39.8 Å². The van der Waals surface area contributed by atoms with Crippen LogP contribution in [0, 0.1) is 13.8 Å². The quantitative estimate of drug-likeness (QED) is 0.900. The predicted octanol–water partition coefficient (Wildman–Crippen LogP) is 3.38. The summed E-state index contributed by atoms with van der Waals surface area (Å²) < 4.78 is 5.28. The Morgan fingerprint density at radius 2 is 2.06 bits per heavy atom. The van der Waals surface area contributed by atoms with Crippen LogP contribution in [-0.2, 0) is 6.54 Å². The summed E-state index contributed by atoms with van der Waals surface area (Å²) in [6.45, 7) is 4.87. The number of aromatic nitrogens is 1. The number of nitrogens with one attached hydrogen (secondary N) is 1. The molecule has 1 heterocycles. The lowest BCUT2D eigenvalue weighted by Gasteiger charge is -2.09. The van der Waals surface area contributed by atoms with Crippen molar-refractivity contribution >= 4 is 17.0 Å². The highest BCUT2D eigenvalue weighted by molar-refractivity contribution is 7.11. The van der Waals surface area contributed by atoms with E-state index < -0.39 is 0 Å². The summed E-state index contributed by atoms with van der Waals surface area (Å²) in [4.78, 5) is 5.78. The van der Waals surface area contributed by atoms with Crippen molar-refractivity contribution in [1.82, 2.24) is 4.98 Å². The number of aryl methyl sites for hydroxylation is 2. The van der Waals surface area contributed by atoms with Gasteiger partial charge in [0.15, 0.2) is 0 Å². The number of methoxy groups -OCH3 is 1. The third-order valence-corrected chi connectivity index (χ3v) is 3.68. The van der Waals surface area contributed by atoms with E-state index in [1.165, 1.54) is 4.88 Å². The number of para-hydroxylation sites is 2. The van der Waals surface area contributed by atoms with Crippen LogP contribution in [0.1, 0.15) is 15.6 Å². The Balaban J connectivity index is 2.07. The summed E-state index contributed by atoms with van der Waals surface area (Å²) in [5, 5.41) is 4.45. The molecule has 1 aromatic carbocycles. The van der Waals surface area contributed by atoms with Crippen LogP contribution in [0.4, 0.5) is 5.69 Å². The Labute approximate surface area is 105 Å². The third kappa shape index (κ3) is 2.77. The summed E-state index contributed by atoms with van der Waals surface area (Å²) in [6.07, 6.45) is 0. The van der Waals surface area contributed by atoms with Crippen molar-refractivity contribution in [2.45, 2.75) is 20.4 Å². The van der Waals surface area contributed by atoms with Gasteiger partial charge in [-0.15, -0.1) is 11.3 Å². The molecule has 17 heavy (non-hydrogen) atoms. The first-order valence-electron chi connectivity index (χ1n) is 5.50. The van der Waals surface area contributed by atoms with Crippen molar-refractivity contribution in [3.8, 4) is 5.75 Å². The van der Waals surface area contributed by atoms with Gasteiger partial charge in [0.1, 0.15) is 10.8 Å². The van der Waals surface area contributed by atoms with Crippen molar-refractivity contribution in [3.63, 3.8) is 0 Å². The first-order chi connectivity index (χ1) is 8.20. The fourth-order valence-corrected chi connectivity index (χ4v) is 2.45. The molecular formula is C13H16N2OS. The van der Waals surface area contributed by atoms with Crippen LogP contribution in [0.3, 0.4) is 0 Å². The zero-order chi connectivity index (χ0) is 12.3. The van der Waals surface area contributed by atoms with Gasteiger partial charge in [-0.1, -0.05) is 12.1 Å². The highest BCUT2D eigenvalue weighted by Gasteiger charge is 2.05. The van der Waals surface area contributed by atoms with Crippen molar-refractivity contribution in [1.29, 1.82) is 0 Å². The number of ether oxygens (including phenoxy) is 1. The van der Waals surface area contributed by atoms with E-state index in [1.807, 2.05) is 31.2 Å². The number of rotatable bonds is 4. The van der Waals surface area contributed by atoms with Gasteiger partial charge in [0, 0.05) is 4.88 Å². The molecule has 1 aromatic heterocycles. The van der Waals surface area contributed by atoms with Crippen LogP contribution in [0.15, 0.2) is 24.3 Å². The Hall–Kier alpha value is -1.55. The van der Waals surface area contributed by atoms with Crippen molar-refractivity contribution < 1.29 is 4.74 Å². The molecule has 0 unspecified atom stereocenters. The summed E-state index contributed by atoms with van der Waals surface area (Å²) in [7, 11) is 1.68. The molecule has 2 rings (SSSR count). The highest BCUT2D eigenvalue weighted by Crippen LogP contribution is 2.24. The molecule has 0 aliphatic rings. The maximum Gasteiger partial charge on any atom is 0.141 e. The van der Waals surface area contributed by atoms with Gasteiger partial charge >= 0.3 is 0 Å². The number of nitrogens with zero attached hydrogens (tertiary/aromatic N) is 1. The van der Waals surface area contributed by atoms with Gasteiger partial charge in [-0.2, -0.15) is 0 Å². The molecule has 1 N–H and O–H groups in total. The normalized spacial score (nSPS) is 10.3. The van der Waals surface area contributed by atoms with E-state index >= 15 is 0 Å². The Bertz CT molecular complexity index is 488. The van der Waals surface area contributed by atoms with E-state index in [1.54, 1.807) is 18.4 Å². The molecule has 0 bridgehead atoms. The largest absolute Gasteiger partial charge is 0.495 e. The Kier molecular flexibility index (Phi) is 3.64. The lowest BCUT2D eigenvalue weighted by atomic mass is 10.3. The lowest BCUT2D eigenvalue weighted by molar-refractivity contribution is 0.416. The molecule has 0 spiro atoms. The van der Waals surface area contributed by atoms with E-state index in [0.29, 0.717) is 0 Å². The zero-order valence-corrected chi connectivity index (χ0v) is 11.1. The van der Waals surface area contributed by atoms with Gasteiger partial charge in [-0.05, 0) is 26.0 Å². The van der Waals surface area contributed by atoms with E-state index in [2.05, 4.69) is 17.2 Å². The molecule has 2 aromatic rings. The summed E-state index contributed by atoms with van der Waals surface area (Å²) in [5.41, 5.74) is 2.12. The summed E-state index contributed by atoms with van der Waals surface area (Å²) >= 11 is 1.73. The first kappa shape index (κ1) is 11.9. The molecule has 0 amide bonds. The monoisotopic (exact) mass is 248 g/mol. The summed E-state index contributed by atoms with van der Waals surface area (Å²) in [6, 6.07) is 7.90. The average Bonchev–Trinajstić information content (AvgIpc) is 2.66. The first-order valence-corrected chi connectivity index (χ1v) is 6.32. The van der Waals surface area contributed by atoms with Crippen molar-refractivity contribution in [2.75, 3.05) is 12.4 Å². The molecule has 3 nitrogen and oxygen atoms in total. The number of hydrogen-bond donors (Lipinski definition) is 1. The smallest absolute Gasteiger partial charge is 0.141 e. The van der Waals surface area contributed by atoms with Gasteiger partial charge < -0.3 is 10.1 Å². The van der Waals surface area contributed by atoms with Crippen LogP contribution in [0.5, 0.6) is 5.75 Å². The molecule has 0 saturated heterocycles. The lowest BCUT2D eigenvalue weighted by Crippen LogP contribution is -2.00. The highest BCUT2D eigenvalue weighted by atomic mass is 32.1. The molecule has 0 saturated carbocycles. The topological polar surface area (TPSA) is 34.1 Å². The SMILES string of the molecule is COc1ccccc1NCc1nc(C)c(C)s1. The number of benzene rings is 1. The van der Waals surface area contributed by atoms with Gasteiger partial charge in [-0.3, -0.25) is 0 Å². The van der Waals surface area contributed by atoms with Gasteiger partial charge in [-0.25, -0.2) is 4.98 Å². The maximum atomic E-state index is 5.28. The molecule has 0 fully saturated rings. The van der Waals surface area contributed by atoms with E-state index in [-0.39, 0.29) is 0 Å². The van der Waals surface area contributed by atoms with Crippen LogP contribution in [0.25, 0.3) is 0 Å². The van der Waals surface area contributed by atoms with Crippen LogP contribution in [0.2, 0.25) is 0 Å². The van der Waals surface area contributed by atoms with Crippen LogP contribution >= 0.6 is 11.3 Å². The van der Waals surface area contributed by atoms with Crippen molar-refractivity contribution in [2.24, 2.45) is 0 Å². The second-order valence-corrected chi connectivity index (χ2v) is 5.09. The minimum Gasteiger partial charge on any atom is -0.495 e. The Morgan fingerprint density at radius 3 is 2.71 bits per heavy atom. The molecule has 4 heteroatoms. The maximum absolute atomic E-state index is 5.28. The fraction of sp³-hybridized carbons (Fsp3) is 0.308. The predicted molar refractivity (Wildman–Crippen MR) is 71.9 cm³/mol. The third-order valence-electron chi connectivity index (χ3n) is 2.61. The fourth-order valence-electron chi connectivity index (χ4n) is 1.58. The molecule has 0 radical (unpaired) electrons. The molecule has 90 valence electrons.